The van der Waals surface area contributed by atoms with Crippen LogP contribution in [0.15, 0.2) is 24.3 Å². The molecule has 0 radical (unpaired) electrons. The molecular formula is C19H34ClN. The largest absolute Gasteiger partial charge is 0.303 e. The number of benzene rings is 1. The molecule has 2 heteroatoms. The second-order valence-corrected chi connectivity index (χ2v) is 5.93. The number of rotatable bonds is 11. The first-order valence-electron chi connectivity index (χ1n) is 8.54. The van der Waals surface area contributed by atoms with E-state index in [1.165, 1.54) is 75.7 Å². The Labute approximate surface area is 138 Å². The van der Waals surface area contributed by atoms with Crippen LogP contribution in [0.25, 0.3) is 0 Å². The predicted octanol–water partition coefficient (Wildman–Crippen LogP) is 5.64. The van der Waals surface area contributed by atoms with Crippen molar-refractivity contribution < 1.29 is 0 Å². The van der Waals surface area contributed by atoms with E-state index in [1.807, 2.05) is 0 Å². The molecule has 1 aromatic rings. The Bertz CT molecular complexity index is 345. The topological polar surface area (TPSA) is 3.24 Å². The van der Waals surface area contributed by atoms with Crippen LogP contribution in [0.1, 0.15) is 63.5 Å². The molecule has 0 bridgehead atoms. The minimum Gasteiger partial charge on any atom is -0.303 e. The molecule has 0 saturated carbocycles. The van der Waals surface area contributed by atoms with Crippen LogP contribution < -0.4 is 0 Å². The molecular weight excluding hydrogens is 278 g/mol. The van der Waals surface area contributed by atoms with E-state index in [-0.39, 0.29) is 12.4 Å². The summed E-state index contributed by atoms with van der Waals surface area (Å²) in [6.07, 6.45) is 9.29. The number of halogens is 1. The zero-order valence-electron chi connectivity index (χ0n) is 14.2. The van der Waals surface area contributed by atoms with Crippen molar-refractivity contribution in [3.8, 4) is 0 Å². The van der Waals surface area contributed by atoms with E-state index in [9.17, 15) is 0 Å². The lowest BCUT2D eigenvalue weighted by molar-refractivity contribution is 0.268. The Morgan fingerprint density at radius 1 is 0.810 bits per heavy atom. The summed E-state index contributed by atoms with van der Waals surface area (Å²) in [5.41, 5.74) is 2.98. The lowest BCUT2D eigenvalue weighted by Gasteiger charge is -2.20. The fraction of sp³-hybridized carbons (Fsp3) is 0.684. The summed E-state index contributed by atoms with van der Waals surface area (Å²) in [6.45, 7) is 10.6. The van der Waals surface area contributed by atoms with Gasteiger partial charge in [0.25, 0.3) is 0 Å². The normalized spacial score (nSPS) is 10.7. The van der Waals surface area contributed by atoms with E-state index < -0.39 is 0 Å². The number of unbranched alkanes of at least 4 members (excludes halogenated alkanes) is 3. The number of hydrogen-bond acceptors (Lipinski definition) is 1. The average molecular weight is 312 g/mol. The first-order chi connectivity index (χ1) is 9.77. The number of nitrogens with zero attached hydrogens (tertiary/aromatic N) is 1. The van der Waals surface area contributed by atoms with Crippen molar-refractivity contribution >= 4 is 12.4 Å². The highest BCUT2D eigenvalue weighted by molar-refractivity contribution is 5.85. The third kappa shape index (κ3) is 9.16. The van der Waals surface area contributed by atoms with Gasteiger partial charge in [0.05, 0.1) is 0 Å². The molecule has 0 aromatic heterocycles. The van der Waals surface area contributed by atoms with Crippen LogP contribution >= 0.6 is 12.4 Å². The second-order valence-electron chi connectivity index (χ2n) is 5.93. The van der Waals surface area contributed by atoms with Gasteiger partial charge >= 0.3 is 0 Å². The van der Waals surface area contributed by atoms with E-state index in [2.05, 4.69) is 49.9 Å². The first kappa shape index (κ1) is 20.5. The van der Waals surface area contributed by atoms with Crippen molar-refractivity contribution in [3.05, 3.63) is 35.4 Å². The molecule has 1 aromatic carbocycles. The molecule has 21 heavy (non-hydrogen) atoms. The molecule has 122 valence electrons. The maximum atomic E-state index is 2.63. The summed E-state index contributed by atoms with van der Waals surface area (Å²) in [5.74, 6) is 0. The van der Waals surface area contributed by atoms with Gasteiger partial charge in [0.2, 0.25) is 0 Å². The Morgan fingerprint density at radius 2 is 1.43 bits per heavy atom. The van der Waals surface area contributed by atoms with E-state index in [0.717, 1.165) is 0 Å². The summed E-state index contributed by atoms with van der Waals surface area (Å²) < 4.78 is 0. The van der Waals surface area contributed by atoms with Crippen LogP contribution in [0, 0.1) is 6.92 Å². The maximum Gasteiger partial charge on any atom is -0.00187 e. The van der Waals surface area contributed by atoms with Crippen LogP contribution in [0.4, 0.5) is 0 Å². The number of hydrogen-bond donors (Lipinski definition) is 0. The maximum absolute atomic E-state index is 2.63. The van der Waals surface area contributed by atoms with E-state index in [1.54, 1.807) is 0 Å². The molecule has 1 nitrogen and oxygen atoms in total. The Morgan fingerprint density at radius 3 is 2.05 bits per heavy atom. The minimum atomic E-state index is 0. The molecule has 0 aliphatic heterocycles. The quantitative estimate of drug-likeness (QED) is 0.478. The summed E-state index contributed by atoms with van der Waals surface area (Å²) in [4.78, 5) is 2.63. The standard InChI is InChI=1S/C19H33N.ClH/c1-4-15-20(16-5-2)17-11-7-6-8-13-19-14-10-9-12-18(19)3;/h9-10,12,14H,4-8,11,13,15-17H2,1-3H3;1H. The van der Waals surface area contributed by atoms with Crippen molar-refractivity contribution in [3.63, 3.8) is 0 Å². The van der Waals surface area contributed by atoms with Crippen LogP contribution in [0.5, 0.6) is 0 Å². The van der Waals surface area contributed by atoms with E-state index in [4.69, 9.17) is 0 Å². The highest BCUT2D eigenvalue weighted by atomic mass is 35.5. The smallest absolute Gasteiger partial charge is 0.00187 e. The fourth-order valence-corrected chi connectivity index (χ4v) is 2.86. The third-order valence-electron chi connectivity index (χ3n) is 4.01. The fourth-order valence-electron chi connectivity index (χ4n) is 2.86. The van der Waals surface area contributed by atoms with Gasteiger partial charge in [-0.15, -0.1) is 12.4 Å². The monoisotopic (exact) mass is 311 g/mol. The molecule has 0 unspecified atom stereocenters. The van der Waals surface area contributed by atoms with Crippen LogP contribution in [0.3, 0.4) is 0 Å². The van der Waals surface area contributed by atoms with Crippen molar-refractivity contribution in [1.29, 1.82) is 0 Å². The summed E-state index contributed by atoms with van der Waals surface area (Å²) in [6, 6.07) is 8.80. The molecule has 0 heterocycles. The molecule has 0 spiro atoms. The summed E-state index contributed by atoms with van der Waals surface area (Å²) in [7, 11) is 0. The van der Waals surface area contributed by atoms with Gasteiger partial charge in [-0.3, -0.25) is 0 Å². The van der Waals surface area contributed by atoms with E-state index in [0.29, 0.717) is 0 Å². The zero-order chi connectivity index (χ0) is 14.6. The SMILES string of the molecule is CCCN(CCC)CCCCCCc1ccccc1C.Cl. The minimum absolute atomic E-state index is 0. The molecule has 0 saturated heterocycles. The van der Waals surface area contributed by atoms with Gasteiger partial charge in [-0.2, -0.15) is 0 Å². The lowest BCUT2D eigenvalue weighted by atomic mass is 10.0. The van der Waals surface area contributed by atoms with Crippen LogP contribution in [-0.4, -0.2) is 24.5 Å². The molecule has 0 amide bonds. The van der Waals surface area contributed by atoms with Crippen LogP contribution in [0.2, 0.25) is 0 Å². The molecule has 0 aliphatic carbocycles. The Balaban J connectivity index is 0.00000400. The highest BCUT2D eigenvalue weighted by Crippen LogP contribution is 2.12. The van der Waals surface area contributed by atoms with E-state index >= 15 is 0 Å². The average Bonchev–Trinajstić information content (AvgIpc) is 2.45. The van der Waals surface area contributed by atoms with Gasteiger partial charge < -0.3 is 4.90 Å². The molecule has 0 fully saturated rings. The zero-order valence-corrected chi connectivity index (χ0v) is 15.1. The first-order valence-corrected chi connectivity index (χ1v) is 8.54. The molecule has 0 N–H and O–H groups in total. The van der Waals surface area contributed by atoms with Crippen molar-refractivity contribution in [2.45, 2.75) is 65.7 Å². The Hall–Kier alpha value is -0.530. The highest BCUT2D eigenvalue weighted by Gasteiger charge is 2.02. The second kappa shape index (κ2) is 13.2. The lowest BCUT2D eigenvalue weighted by Crippen LogP contribution is -2.26. The summed E-state index contributed by atoms with van der Waals surface area (Å²) in [5, 5.41) is 0. The van der Waals surface area contributed by atoms with Gasteiger partial charge in [0.1, 0.15) is 0 Å². The molecule has 1 rings (SSSR count). The van der Waals surface area contributed by atoms with Gasteiger partial charge in [0, 0.05) is 0 Å². The van der Waals surface area contributed by atoms with Gasteiger partial charge in [-0.25, -0.2) is 0 Å². The predicted molar refractivity (Wildman–Crippen MR) is 97.6 cm³/mol. The van der Waals surface area contributed by atoms with Crippen molar-refractivity contribution in [1.82, 2.24) is 4.90 Å². The number of aryl methyl sites for hydroxylation is 2. The van der Waals surface area contributed by atoms with Gasteiger partial charge in [0.15, 0.2) is 0 Å². The van der Waals surface area contributed by atoms with Gasteiger partial charge in [-0.1, -0.05) is 51.0 Å². The Kier molecular flexibility index (Phi) is 12.8. The molecule has 0 atom stereocenters. The van der Waals surface area contributed by atoms with Crippen molar-refractivity contribution in [2.24, 2.45) is 0 Å². The third-order valence-corrected chi connectivity index (χ3v) is 4.01. The summed E-state index contributed by atoms with van der Waals surface area (Å²) >= 11 is 0. The molecule has 0 aliphatic rings. The van der Waals surface area contributed by atoms with Crippen LogP contribution in [-0.2, 0) is 6.42 Å². The van der Waals surface area contributed by atoms with Crippen molar-refractivity contribution in [2.75, 3.05) is 19.6 Å². The van der Waals surface area contributed by atoms with Gasteiger partial charge in [-0.05, 0) is 69.8 Å².